The second-order valence-electron chi connectivity index (χ2n) is 9.52. The lowest BCUT2D eigenvalue weighted by molar-refractivity contribution is -0.140. The average Bonchev–Trinajstić information content (AvgIpc) is 2.90. The Balaban J connectivity index is 2.05. The number of hydrogen-bond donors (Lipinski definition) is 1. The molecule has 9 heteroatoms. The normalized spacial score (nSPS) is 12.0. The molecule has 0 bridgehead atoms. The molecule has 1 atom stereocenters. The Morgan fingerprint density at radius 1 is 0.949 bits per heavy atom. The number of unbranched alkanes of at least 4 members (excludes halogenated alkanes) is 1. The van der Waals surface area contributed by atoms with E-state index in [2.05, 4.69) is 5.32 Å². The first kappa shape index (κ1) is 30.2. The van der Waals surface area contributed by atoms with Gasteiger partial charge in [-0.15, -0.1) is 0 Å². The Labute approximate surface area is 236 Å². The van der Waals surface area contributed by atoms with E-state index in [1.807, 2.05) is 68.4 Å². The third kappa shape index (κ3) is 8.57. The van der Waals surface area contributed by atoms with Crippen molar-refractivity contribution >= 4 is 39.1 Å². The SMILES string of the molecule is CCCCNC(=O)[C@H](Cc1ccccc1)N(Cc1ccccc1C)C(=O)CN(c1ccccc1Cl)S(C)(=O)=O. The Morgan fingerprint density at radius 2 is 1.59 bits per heavy atom. The van der Waals surface area contributed by atoms with Gasteiger partial charge in [0.15, 0.2) is 0 Å². The number of carbonyl (C=O) groups excluding carboxylic acids is 2. The summed E-state index contributed by atoms with van der Waals surface area (Å²) in [6.45, 7) is 4.11. The zero-order valence-corrected chi connectivity index (χ0v) is 24.2. The summed E-state index contributed by atoms with van der Waals surface area (Å²) in [6, 6.07) is 22.8. The van der Waals surface area contributed by atoms with Gasteiger partial charge in [0.05, 0.1) is 17.0 Å². The van der Waals surface area contributed by atoms with E-state index >= 15 is 0 Å². The molecule has 0 spiro atoms. The molecule has 0 fully saturated rings. The molecule has 0 saturated heterocycles. The van der Waals surface area contributed by atoms with Crippen molar-refractivity contribution in [2.45, 2.75) is 45.7 Å². The van der Waals surface area contributed by atoms with Crippen LogP contribution in [0.15, 0.2) is 78.9 Å². The highest BCUT2D eigenvalue weighted by molar-refractivity contribution is 7.92. The Morgan fingerprint density at radius 3 is 2.23 bits per heavy atom. The predicted molar refractivity (Wildman–Crippen MR) is 157 cm³/mol. The number of anilines is 1. The molecule has 0 unspecified atom stereocenters. The summed E-state index contributed by atoms with van der Waals surface area (Å²) in [6.07, 6.45) is 3.04. The molecule has 2 amide bonds. The lowest BCUT2D eigenvalue weighted by Crippen LogP contribution is -2.53. The van der Waals surface area contributed by atoms with E-state index < -0.39 is 28.5 Å². The minimum Gasteiger partial charge on any atom is -0.354 e. The number of aryl methyl sites for hydroxylation is 1. The molecular weight excluding hydrogens is 534 g/mol. The van der Waals surface area contributed by atoms with Crippen LogP contribution in [-0.4, -0.2) is 50.5 Å². The number of para-hydroxylation sites is 1. The largest absolute Gasteiger partial charge is 0.354 e. The highest BCUT2D eigenvalue weighted by Crippen LogP contribution is 2.28. The number of nitrogens with zero attached hydrogens (tertiary/aromatic N) is 2. The van der Waals surface area contributed by atoms with Crippen LogP contribution in [0.3, 0.4) is 0 Å². The van der Waals surface area contributed by atoms with Gasteiger partial charge in [0.1, 0.15) is 12.6 Å². The van der Waals surface area contributed by atoms with Crippen LogP contribution in [-0.2, 0) is 32.6 Å². The lowest BCUT2D eigenvalue weighted by atomic mass is 10.0. The molecule has 0 aliphatic rings. The summed E-state index contributed by atoms with van der Waals surface area (Å²) in [5.74, 6) is -0.784. The average molecular weight is 570 g/mol. The number of sulfonamides is 1. The van der Waals surface area contributed by atoms with Gasteiger partial charge in [0.25, 0.3) is 0 Å². The van der Waals surface area contributed by atoms with Gasteiger partial charge in [-0.3, -0.25) is 13.9 Å². The molecule has 0 aromatic heterocycles. The molecule has 0 radical (unpaired) electrons. The first-order valence-corrected chi connectivity index (χ1v) is 15.2. The second-order valence-corrected chi connectivity index (χ2v) is 11.8. The maximum Gasteiger partial charge on any atom is 0.244 e. The molecular formula is C30H36ClN3O4S. The maximum absolute atomic E-state index is 14.1. The van der Waals surface area contributed by atoms with Crippen molar-refractivity contribution in [3.8, 4) is 0 Å². The number of benzene rings is 3. The number of rotatable bonds is 13. The first-order valence-electron chi connectivity index (χ1n) is 13.0. The number of hydrogen-bond acceptors (Lipinski definition) is 4. The maximum atomic E-state index is 14.1. The minimum atomic E-state index is -3.87. The van der Waals surface area contributed by atoms with Gasteiger partial charge in [-0.1, -0.05) is 91.7 Å². The Hall–Kier alpha value is -3.36. The molecule has 3 aromatic rings. The van der Waals surface area contributed by atoms with Crippen LogP contribution >= 0.6 is 11.6 Å². The van der Waals surface area contributed by atoms with Gasteiger partial charge in [0.2, 0.25) is 21.8 Å². The Bertz CT molecular complexity index is 1370. The molecule has 7 nitrogen and oxygen atoms in total. The van der Waals surface area contributed by atoms with Gasteiger partial charge in [-0.05, 0) is 42.2 Å². The van der Waals surface area contributed by atoms with Gasteiger partial charge in [-0.25, -0.2) is 8.42 Å². The van der Waals surface area contributed by atoms with E-state index in [9.17, 15) is 18.0 Å². The van der Waals surface area contributed by atoms with Gasteiger partial charge >= 0.3 is 0 Å². The van der Waals surface area contributed by atoms with Crippen LogP contribution < -0.4 is 9.62 Å². The molecule has 0 aliphatic heterocycles. The topological polar surface area (TPSA) is 86.8 Å². The molecule has 3 aromatic carbocycles. The number of halogens is 1. The fourth-order valence-electron chi connectivity index (χ4n) is 4.28. The quantitative estimate of drug-likeness (QED) is 0.294. The summed E-state index contributed by atoms with van der Waals surface area (Å²) in [5, 5.41) is 3.19. The van der Waals surface area contributed by atoms with Crippen LogP contribution in [0.2, 0.25) is 5.02 Å². The van der Waals surface area contributed by atoms with Crippen LogP contribution in [0, 0.1) is 6.92 Å². The van der Waals surface area contributed by atoms with Crippen molar-refractivity contribution in [1.82, 2.24) is 10.2 Å². The third-order valence-electron chi connectivity index (χ3n) is 6.50. The summed E-state index contributed by atoms with van der Waals surface area (Å²) in [4.78, 5) is 29.1. The van der Waals surface area contributed by atoms with E-state index in [0.717, 1.165) is 40.1 Å². The number of nitrogens with one attached hydrogen (secondary N) is 1. The summed E-state index contributed by atoms with van der Waals surface area (Å²) in [5.41, 5.74) is 2.93. The van der Waals surface area contributed by atoms with Crippen LogP contribution in [0.1, 0.15) is 36.5 Å². The minimum absolute atomic E-state index is 0.143. The molecule has 0 aliphatic carbocycles. The van der Waals surface area contributed by atoms with Gasteiger partial charge in [0, 0.05) is 19.5 Å². The van der Waals surface area contributed by atoms with Crippen molar-refractivity contribution in [1.29, 1.82) is 0 Å². The van der Waals surface area contributed by atoms with E-state index in [0.29, 0.717) is 6.54 Å². The van der Waals surface area contributed by atoms with Gasteiger partial charge in [-0.2, -0.15) is 0 Å². The lowest BCUT2D eigenvalue weighted by Gasteiger charge is -2.34. The molecule has 3 rings (SSSR count). The highest BCUT2D eigenvalue weighted by atomic mass is 35.5. The van der Waals surface area contributed by atoms with Crippen molar-refractivity contribution in [2.24, 2.45) is 0 Å². The summed E-state index contributed by atoms with van der Waals surface area (Å²) >= 11 is 6.33. The van der Waals surface area contributed by atoms with Crippen molar-refractivity contribution in [3.63, 3.8) is 0 Å². The zero-order chi connectivity index (χ0) is 28.4. The van der Waals surface area contributed by atoms with Crippen LogP contribution in [0.5, 0.6) is 0 Å². The van der Waals surface area contributed by atoms with E-state index in [1.165, 1.54) is 4.90 Å². The van der Waals surface area contributed by atoms with Crippen LogP contribution in [0.25, 0.3) is 0 Å². The zero-order valence-electron chi connectivity index (χ0n) is 22.6. The van der Waals surface area contributed by atoms with E-state index in [-0.39, 0.29) is 29.6 Å². The summed E-state index contributed by atoms with van der Waals surface area (Å²) < 4.78 is 26.7. The fourth-order valence-corrected chi connectivity index (χ4v) is 5.43. The molecule has 208 valence electrons. The molecule has 39 heavy (non-hydrogen) atoms. The second kappa shape index (κ2) is 14.1. The molecule has 1 N–H and O–H groups in total. The van der Waals surface area contributed by atoms with Crippen molar-refractivity contribution in [3.05, 3.63) is 101 Å². The fraction of sp³-hybridized carbons (Fsp3) is 0.333. The standard InChI is InChI=1S/C30H36ClN3O4S/c1-4-5-19-32-30(36)28(20-24-14-7-6-8-15-24)33(21-25-16-10-9-13-23(25)2)29(35)22-34(39(3,37)38)27-18-12-11-17-26(27)31/h6-18,28H,4-5,19-22H2,1-3H3,(H,32,36)/t28-/m0/s1. The van der Waals surface area contributed by atoms with Gasteiger partial charge < -0.3 is 10.2 Å². The molecule has 0 saturated carbocycles. The predicted octanol–water partition coefficient (Wildman–Crippen LogP) is 4.97. The van der Waals surface area contributed by atoms with Crippen molar-refractivity contribution < 1.29 is 18.0 Å². The van der Waals surface area contributed by atoms with E-state index in [4.69, 9.17) is 11.6 Å². The highest BCUT2D eigenvalue weighted by Gasteiger charge is 2.33. The van der Waals surface area contributed by atoms with Crippen molar-refractivity contribution in [2.75, 3.05) is 23.7 Å². The third-order valence-corrected chi connectivity index (χ3v) is 7.95. The molecule has 0 heterocycles. The number of amides is 2. The number of carbonyl (C=O) groups is 2. The summed E-state index contributed by atoms with van der Waals surface area (Å²) in [7, 11) is -3.87. The first-order chi connectivity index (χ1) is 18.6. The smallest absolute Gasteiger partial charge is 0.244 e. The Kier molecular flexibility index (Phi) is 10.9. The van der Waals surface area contributed by atoms with Crippen LogP contribution in [0.4, 0.5) is 5.69 Å². The van der Waals surface area contributed by atoms with E-state index in [1.54, 1.807) is 24.3 Å². The monoisotopic (exact) mass is 569 g/mol.